The van der Waals surface area contributed by atoms with E-state index in [2.05, 4.69) is 5.32 Å². The molecule has 0 saturated carbocycles. The third kappa shape index (κ3) is 6.51. The van der Waals surface area contributed by atoms with E-state index in [9.17, 15) is 22.8 Å². The molecule has 0 saturated heterocycles. The number of ether oxygens (including phenoxy) is 1. The lowest BCUT2D eigenvalue weighted by molar-refractivity contribution is -0.152. The lowest BCUT2D eigenvalue weighted by atomic mass is 10.1. The van der Waals surface area contributed by atoms with E-state index in [1.165, 1.54) is 11.8 Å². The van der Waals surface area contributed by atoms with Crippen molar-refractivity contribution in [1.29, 1.82) is 0 Å². The summed E-state index contributed by atoms with van der Waals surface area (Å²) < 4.78 is 44.5. The lowest BCUT2D eigenvalue weighted by Crippen LogP contribution is -2.26. The Hall–Kier alpha value is -2.97. The summed E-state index contributed by atoms with van der Waals surface area (Å²) in [5, 5.41) is 2.27. The van der Waals surface area contributed by atoms with E-state index in [0.29, 0.717) is 5.56 Å². The number of esters is 1. The second kappa shape index (κ2) is 10.6. The Bertz CT molecular complexity index is 1080. The zero-order valence-corrected chi connectivity index (χ0v) is 18.0. The number of carbonyl (C=O) groups is 2. The summed E-state index contributed by atoms with van der Waals surface area (Å²) in [6, 6.07) is 19.9. The minimum atomic E-state index is -4.61. The van der Waals surface area contributed by atoms with Gasteiger partial charge in [0, 0.05) is 10.5 Å². The van der Waals surface area contributed by atoms with Gasteiger partial charge in [-0.3, -0.25) is 9.59 Å². The highest BCUT2D eigenvalue weighted by Gasteiger charge is 2.32. The third-order valence-electron chi connectivity index (χ3n) is 4.24. The van der Waals surface area contributed by atoms with E-state index in [1.807, 2.05) is 30.3 Å². The van der Waals surface area contributed by atoms with E-state index >= 15 is 0 Å². The SMILES string of the molecule is O=C(CSc1ccccc1)O[C@H](C(=O)Nc1cc(C(F)(F)F)ccc1Cl)c1ccccc1. The number of anilines is 1. The number of carbonyl (C=O) groups excluding carboxylic acids is 2. The van der Waals surface area contributed by atoms with E-state index in [-0.39, 0.29) is 16.5 Å². The van der Waals surface area contributed by atoms with Crippen molar-refractivity contribution >= 4 is 40.9 Å². The summed E-state index contributed by atoms with van der Waals surface area (Å²) in [5.41, 5.74) is -0.835. The Balaban J connectivity index is 1.77. The standard InChI is InChI=1S/C23H17ClF3NO3S/c24-18-12-11-16(23(25,26)27)13-19(18)28-22(30)21(15-7-3-1-4-8-15)31-20(29)14-32-17-9-5-2-6-10-17/h1-13,21H,14H2,(H,28,30)/t21-/m0/s1. The van der Waals surface area contributed by atoms with Gasteiger partial charge in [0.05, 0.1) is 22.0 Å². The van der Waals surface area contributed by atoms with Crippen LogP contribution in [0.3, 0.4) is 0 Å². The Morgan fingerprint density at radius 2 is 1.59 bits per heavy atom. The molecular formula is C23H17ClF3NO3S. The molecule has 0 aliphatic rings. The molecule has 4 nitrogen and oxygen atoms in total. The topological polar surface area (TPSA) is 55.4 Å². The van der Waals surface area contributed by atoms with Gasteiger partial charge in [-0.05, 0) is 30.3 Å². The van der Waals surface area contributed by atoms with Crippen molar-refractivity contribution in [3.63, 3.8) is 0 Å². The minimum Gasteiger partial charge on any atom is -0.447 e. The molecule has 0 aliphatic heterocycles. The summed E-state index contributed by atoms with van der Waals surface area (Å²) in [4.78, 5) is 26.2. The van der Waals surface area contributed by atoms with Crippen LogP contribution in [-0.4, -0.2) is 17.6 Å². The molecule has 3 aromatic carbocycles. The van der Waals surface area contributed by atoms with Crippen molar-refractivity contribution < 1.29 is 27.5 Å². The molecule has 9 heteroatoms. The van der Waals surface area contributed by atoms with Crippen LogP contribution >= 0.6 is 23.4 Å². The Kier molecular flexibility index (Phi) is 7.82. The van der Waals surface area contributed by atoms with Gasteiger partial charge >= 0.3 is 12.1 Å². The van der Waals surface area contributed by atoms with Gasteiger partial charge in [0.25, 0.3) is 5.91 Å². The van der Waals surface area contributed by atoms with Crippen LogP contribution in [0.1, 0.15) is 17.2 Å². The van der Waals surface area contributed by atoms with Crippen molar-refractivity contribution in [2.45, 2.75) is 17.2 Å². The van der Waals surface area contributed by atoms with Crippen molar-refractivity contribution in [2.24, 2.45) is 0 Å². The number of nitrogens with one attached hydrogen (secondary N) is 1. The molecule has 1 N–H and O–H groups in total. The predicted molar refractivity (Wildman–Crippen MR) is 118 cm³/mol. The molecule has 1 amide bonds. The monoisotopic (exact) mass is 479 g/mol. The number of amides is 1. The molecule has 0 unspecified atom stereocenters. The molecule has 0 heterocycles. The van der Waals surface area contributed by atoms with Gasteiger partial charge in [-0.1, -0.05) is 60.1 Å². The third-order valence-corrected chi connectivity index (χ3v) is 5.56. The van der Waals surface area contributed by atoms with Crippen LogP contribution in [0, 0.1) is 0 Å². The van der Waals surface area contributed by atoms with Gasteiger partial charge in [-0.15, -0.1) is 11.8 Å². The van der Waals surface area contributed by atoms with Gasteiger partial charge in [0.2, 0.25) is 6.10 Å². The van der Waals surface area contributed by atoms with E-state index in [0.717, 1.165) is 23.1 Å². The van der Waals surface area contributed by atoms with Crippen molar-refractivity contribution in [1.82, 2.24) is 0 Å². The zero-order chi connectivity index (χ0) is 23.1. The maximum absolute atomic E-state index is 13.0. The fraction of sp³-hybridized carbons (Fsp3) is 0.130. The number of hydrogen-bond acceptors (Lipinski definition) is 4. The molecular weight excluding hydrogens is 463 g/mol. The maximum atomic E-state index is 13.0. The molecule has 3 aromatic rings. The molecule has 0 aliphatic carbocycles. The van der Waals surface area contributed by atoms with Gasteiger partial charge in [-0.2, -0.15) is 13.2 Å². The summed E-state index contributed by atoms with van der Waals surface area (Å²) in [7, 11) is 0. The highest BCUT2D eigenvalue weighted by atomic mass is 35.5. The average Bonchev–Trinajstić information content (AvgIpc) is 2.78. The van der Waals surface area contributed by atoms with Crippen molar-refractivity contribution in [2.75, 3.05) is 11.1 Å². The van der Waals surface area contributed by atoms with Gasteiger partial charge in [-0.25, -0.2) is 0 Å². The van der Waals surface area contributed by atoms with Crippen LogP contribution in [0.25, 0.3) is 0 Å². The zero-order valence-electron chi connectivity index (χ0n) is 16.4. The van der Waals surface area contributed by atoms with E-state index < -0.39 is 29.7 Å². The number of rotatable bonds is 7. The van der Waals surface area contributed by atoms with Crippen LogP contribution in [0.15, 0.2) is 83.8 Å². The fourth-order valence-electron chi connectivity index (χ4n) is 2.72. The Labute approximate surface area is 191 Å². The first kappa shape index (κ1) is 23.7. The van der Waals surface area contributed by atoms with Crippen LogP contribution in [0.5, 0.6) is 0 Å². The predicted octanol–water partition coefficient (Wildman–Crippen LogP) is 6.37. The summed E-state index contributed by atoms with van der Waals surface area (Å²) in [6.45, 7) is 0. The first-order chi connectivity index (χ1) is 15.2. The van der Waals surface area contributed by atoms with E-state index in [1.54, 1.807) is 30.3 Å². The maximum Gasteiger partial charge on any atom is 0.416 e. The van der Waals surface area contributed by atoms with Crippen molar-refractivity contribution in [3.8, 4) is 0 Å². The van der Waals surface area contributed by atoms with Gasteiger partial charge in [0.15, 0.2) is 0 Å². The van der Waals surface area contributed by atoms with Gasteiger partial charge in [0.1, 0.15) is 0 Å². The van der Waals surface area contributed by atoms with Crippen LogP contribution < -0.4 is 5.32 Å². The summed E-state index contributed by atoms with van der Waals surface area (Å²) >= 11 is 7.21. The largest absolute Gasteiger partial charge is 0.447 e. The first-order valence-electron chi connectivity index (χ1n) is 9.34. The van der Waals surface area contributed by atoms with Crippen LogP contribution in [0.2, 0.25) is 5.02 Å². The Morgan fingerprint density at radius 3 is 2.22 bits per heavy atom. The molecule has 32 heavy (non-hydrogen) atoms. The van der Waals surface area contributed by atoms with Crippen LogP contribution in [-0.2, 0) is 20.5 Å². The van der Waals surface area contributed by atoms with Gasteiger partial charge < -0.3 is 10.1 Å². The normalized spacial score (nSPS) is 12.1. The lowest BCUT2D eigenvalue weighted by Gasteiger charge is -2.19. The summed E-state index contributed by atoms with van der Waals surface area (Å²) in [5.74, 6) is -1.53. The quantitative estimate of drug-likeness (QED) is 0.316. The molecule has 0 radical (unpaired) electrons. The smallest absolute Gasteiger partial charge is 0.416 e. The molecule has 1 atom stereocenters. The van der Waals surface area contributed by atoms with E-state index in [4.69, 9.17) is 16.3 Å². The number of alkyl halides is 3. The molecule has 0 spiro atoms. The highest BCUT2D eigenvalue weighted by molar-refractivity contribution is 8.00. The summed E-state index contributed by atoms with van der Waals surface area (Å²) in [6.07, 6.45) is -5.98. The number of benzene rings is 3. The number of hydrogen-bond donors (Lipinski definition) is 1. The molecule has 3 rings (SSSR count). The average molecular weight is 480 g/mol. The number of halogens is 4. The molecule has 0 fully saturated rings. The molecule has 0 bridgehead atoms. The molecule has 166 valence electrons. The second-order valence-electron chi connectivity index (χ2n) is 6.56. The fourth-order valence-corrected chi connectivity index (χ4v) is 3.59. The first-order valence-corrected chi connectivity index (χ1v) is 10.7. The van der Waals surface area contributed by atoms with Crippen molar-refractivity contribution in [3.05, 3.63) is 95.0 Å². The van der Waals surface area contributed by atoms with Crippen LogP contribution in [0.4, 0.5) is 18.9 Å². The Morgan fingerprint density at radius 1 is 0.969 bits per heavy atom. The minimum absolute atomic E-state index is 0.0507. The second-order valence-corrected chi connectivity index (χ2v) is 8.02. The number of thioether (sulfide) groups is 1. The highest BCUT2D eigenvalue weighted by Crippen LogP contribution is 2.34. The molecule has 0 aromatic heterocycles.